The van der Waals surface area contributed by atoms with Gasteiger partial charge in [0.15, 0.2) is 0 Å². The zero-order valence-electron chi connectivity index (χ0n) is 9.90. The van der Waals surface area contributed by atoms with Crippen molar-refractivity contribution in [1.29, 1.82) is 0 Å². The summed E-state index contributed by atoms with van der Waals surface area (Å²) in [5.41, 5.74) is 0.581. The van der Waals surface area contributed by atoms with E-state index in [1.165, 1.54) is 6.20 Å². The number of pyridine rings is 1. The molecule has 2 unspecified atom stereocenters. The van der Waals surface area contributed by atoms with E-state index in [-0.39, 0.29) is 12.1 Å². The lowest BCUT2D eigenvalue weighted by Crippen LogP contribution is -2.46. The molecule has 3 N–H and O–H groups in total. The van der Waals surface area contributed by atoms with Crippen LogP contribution in [0.3, 0.4) is 0 Å². The number of aliphatic hydroxyl groups excluding tert-OH is 1. The quantitative estimate of drug-likeness (QED) is 0.720. The molecule has 1 aromatic rings. The Labute approximate surface area is 111 Å². The van der Waals surface area contributed by atoms with Crippen molar-refractivity contribution >= 4 is 23.3 Å². The minimum Gasteiger partial charge on any atom is -0.391 e. The Balaban J connectivity index is 1.88. The van der Waals surface area contributed by atoms with Crippen LogP contribution in [0.15, 0.2) is 18.3 Å². The number of amides is 2. The van der Waals surface area contributed by atoms with Gasteiger partial charge in [-0.15, -0.1) is 0 Å². The number of halogens is 1. The van der Waals surface area contributed by atoms with Crippen molar-refractivity contribution in [3.05, 3.63) is 23.5 Å². The van der Waals surface area contributed by atoms with E-state index < -0.39 is 6.10 Å². The number of anilines is 1. The fourth-order valence-electron chi connectivity index (χ4n) is 2.10. The number of hydrogen-bond acceptors (Lipinski definition) is 3. The molecule has 0 radical (unpaired) electrons. The van der Waals surface area contributed by atoms with Gasteiger partial charge in [0.1, 0.15) is 5.15 Å². The molecular weight excluding hydrogens is 254 g/mol. The van der Waals surface area contributed by atoms with Gasteiger partial charge in [-0.1, -0.05) is 24.4 Å². The highest BCUT2D eigenvalue weighted by Gasteiger charge is 2.24. The molecule has 0 aromatic carbocycles. The predicted octanol–water partition coefficient (Wildman–Crippen LogP) is 2.16. The molecule has 1 aromatic heterocycles. The van der Waals surface area contributed by atoms with Gasteiger partial charge in [-0.2, -0.15) is 0 Å². The van der Waals surface area contributed by atoms with E-state index in [1.807, 2.05) is 0 Å². The van der Waals surface area contributed by atoms with Crippen molar-refractivity contribution in [1.82, 2.24) is 10.3 Å². The summed E-state index contributed by atoms with van der Waals surface area (Å²) in [4.78, 5) is 15.6. The van der Waals surface area contributed by atoms with Gasteiger partial charge in [0.05, 0.1) is 12.1 Å². The molecule has 0 spiro atoms. The molecule has 1 aliphatic carbocycles. The third kappa shape index (κ3) is 3.58. The van der Waals surface area contributed by atoms with Crippen molar-refractivity contribution in [3.8, 4) is 0 Å². The Hall–Kier alpha value is -1.33. The predicted molar refractivity (Wildman–Crippen MR) is 69.7 cm³/mol. The molecule has 0 aliphatic heterocycles. The molecule has 1 fully saturated rings. The van der Waals surface area contributed by atoms with Crippen molar-refractivity contribution in [2.24, 2.45) is 0 Å². The standard InChI is InChI=1S/C12H16ClN3O2/c13-11-7-8(5-6-14-11)15-12(18)16-9-3-1-2-4-10(9)17/h5-7,9-10,17H,1-4H2,(H2,14,15,16,18). The van der Waals surface area contributed by atoms with Crippen LogP contribution >= 0.6 is 11.6 Å². The largest absolute Gasteiger partial charge is 0.391 e. The zero-order chi connectivity index (χ0) is 13.0. The summed E-state index contributed by atoms with van der Waals surface area (Å²) in [6.07, 6.45) is 4.67. The van der Waals surface area contributed by atoms with E-state index in [9.17, 15) is 9.90 Å². The first-order chi connectivity index (χ1) is 8.65. The second-order valence-corrected chi connectivity index (χ2v) is 4.81. The molecule has 1 heterocycles. The molecule has 1 aliphatic rings. The summed E-state index contributed by atoms with van der Waals surface area (Å²) in [7, 11) is 0. The number of hydrogen-bond donors (Lipinski definition) is 3. The number of carbonyl (C=O) groups is 1. The van der Waals surface area contributed by atoms with Gasteiger partial charge in [-0.25, -0.2) is 9.78 Å². The van der Waals surface area contributed by atoms with Crippen LogP contribution < -0.4 is 10.6 Å². The van der Waals surface area contributed by atoms with Crippen LogP contribution in [-0.4, -0.2) is 28.3 Å². The maximum Gasteiger partial charge on any atom is 0.319 e. The van der Waals surface area contributed by atoms with Crippen molar-refractivity contribution in [2.75, 3.05) is 5.32 Å². The monoisotopic (exact) mass is 269 g/mol. The summed E-state index contributed by atoms with van der Waals surface area (Å²) in [5.74, 6) is 0. The average molecular weight is 270 g/mol. The molecule has 0 bridgehead atoms. The summed E-state index contributed by atoms with van der Waals surface area (Å²) < 4.78 is 0. The normalized spacial score (nSPS) is 23.4. The van der Waals surface area contributed by atoms with E-state index in [2.05, 4.69) is 15.6 Å². The lowest BCUT2D eigenvalue weighted by Gasteiger charge is -2.28. The fourth-order valence-corrected chi connectivity index (χ4v) is 2.27. The molecule has 5 nitrogen and oxygen atoms in total. The van der Waals surface area contributed by atoms with Gasteiger partial charge in [0.2, 0.25) is 0 Å². The highest BCUT2D eigenvalue weighted by atomic mass is 35.5. The average Bonchev–Trinajstić information content (AvgIpc) is 2.32. The van der Waals surface area contributed by atoms with Crippen molar-refractivity contribution < 1.29 is 9.90 Å². The fraction of sp³-hybridized carbons (Fsp3) is 0.500. The highest BCUT2D eigenvalue weighted by Crippen LogP contribution is 2.18. The Morgan fingerprint density at radius 3 is 2.94 bits per heavy atom. The molecule has 2 rings (SSSR count). The number of nitrogens with zero attached hydrogens (tertiary/aromatic N) is 1. The molecule has 0 saturated heterocycles. The van der Waals surface area contributed by atoms with Gasteiger partial charge in [-0.3, -0.25) is 0 Å². The number of urea groups is 1. The Kier molecular flexibility index (Phi) is 4.38. The van der Waals surface area contributed by atoms with Gasteiger partial charge in [0, 0.05) is 11.9 Å². The first-order valence-corrected chi connectivity index (χ1v) is 6.40. The van der Waals surface area contributed by atoms with Crippen LogP contribution in [0.5, 0.6) is 0 Å². The highest BCUT2D eigenvalue weighted by molar-refractivity contribution is 6.29. The summed E-state index contributed by atoms with van der Waals surface area (Å²) in [5, 5.41) is 15.5. The topological polar surface area (TPSA) is 74.2 Å². The number of carbonyl (C=O) groups excluding carboxylic acids is 1. The SMILES string of the molecule is O=C(Nc1ccnc(Cl)c1)NC1CCCCC1O. The van der Waals surface area contributed by atoms with Crippen LogP contribution in [0.4, 0.5) is 10.5 Å². The van der Waals surface area contributed by atoms with E-state index in [0.717, 1.165) is 25.7 Å². The molecule has 2 atom stereocenters. The number of rotatable bonds is 2. The van der Waals surface area contributed by atoms with Crippen LogP contribution in [-0.2, 0) is 0 Å². The maximum absolute atomic E-state index is 11.7. The van der Waals surface area contributed by atoms with Crippen molar-refractivity contribution in [2.45, 2.75) is 37.8 Å². The molecule has 2 amide bonds. The Bertz CT molecular complexity index is 428. The molecular formula is C12H16ClN3O2. The van der Waals surface area contributed by atoms with Crippen LogP contribution in [0, 0.1) is 0 Å². The second-order valence-electron chi connectivity index (χ2n) is 4.42. The Morgan fingerprint density at radius 2 is 2.22 bits per heavy atom. The zero-order valence-corrected chi connectivity index (χ0v) is 10.7. The second kappa shape index (κ2) is 6.02. The number of nitrogens with one attached hydrogen (secondary N) is 2. The molecule has 18 heavy (non-hydrogen) atoms. The molecule has 6 heteroatoms. The summed E-state index contributed by atoms with van der Waals surface area (Å²) in [6.45, 7) is 0. The Morgan fingerprint density at radius 1 is 1.44 bits per heavy atom. The van der Waals surface area contributed by atoms with Gasteiger partial charge in [0.25, 0.3) is 0 Å². The van der Waals surface area contributed by atoms with Crippen molar-refractivity contribution in [3.63, 3.8) is 0 Å². The van der Waals surface area contributed by atoms with Crippen LogP contribution in [0.25, 0.3) is 0 Å². The summed E-state index contributed by atoms with van der Waals surface area (Å²) >= 11 is 5.72. The first kappa shape index (κ1) is 13.1. The number of aliphatic hydroxyl groups is 1. The molecule has 1 saturated carbocycles. The smallest absolute Gasteiger partial charge is 0.319 e. The lowest BCUT2D eigenvalue weighted by molar-refractivity contribution is 0.0955. The van der Waals surface area contributed by atoms with Crippen LogP contribution in [0.1, 0.15) is 25.7 Å². The van der Waals surface area contributed by atoms with E-state index in [1.54, 1.807) is 12.1 Å². The van der Waals surface area contributed by atoms with Gasteiger partial charge >= 0.3 is 6.03 Å². The van der Waals surface area contributed by atoms with E-state index in [0.29, 0.717) is 10.8 Å². The third-order valence-corrected chi connectivity index (χ3v) is 3.24. The van der Waals surface area contributed by atoms with Gasteiger partial charge < -0.3 is 15.7 Å². The van der Waals surface area contributed by atoms with Gasteiger partial charge in [-0.05, 0) is 25.0 Å². The lowest BCUT2D eigenvalue weighted by atomic mass is 9.93. The summed E-state index contributed by atoms with van der Waals surface area (Å²) in [6, 6.07) is 2.72. The molecule has 98 valence electrons. The van der Waals surface area contributed by atoms with E-state index >= 15 is 0 Å². The number of aromatic nitrogens is 1. The minimum atomic E-state index is -0.453. The first-order valence-electron chi connectivity index (χ1n) is 6.02. The van der Waals surface area contributed by atoms with Crippen LogP contribution in [0.2, 0.25) is 5.15 Å². The third-order valence-electron chi connectivity index (χ3n) is 3.03. The minimum absolute atomic E-state index is 0.170. The van der Waals surface area contributed by atoms with E-state index in [4.69, 9.17) is 11.6 Å². The maximum atomic E-state index is 11.7.